The highest BCUT2D eigenvalue weighted by atomic mass is 32.2. The fourth-order valence-corrected chi connectivity index (χ4v) is 3.15. The molecular weight excluding hydrogens is 305 g/mol. The summed E-state index contributed by atoms with van der Waals surface area (Å²) in [5, 5.41) is 2.87. The fourth-order valence-electron chi connectivity index (χ4n) is 1.84. The van der Waals surface area contributed by atoms with E-state index in [0.717, 1.165) is 0 Å². The first-order valence-electron chi connectivity index (χ1n) is 6.55. The second-order valence-corrected chi connectivity index (χ2v) is 6.34. The third-order valence-electron chi connectivity index (χ3n) is 2.81. The zero-order valence-corrected chi connectivity index (χ0v) is 12.5. The average Bonchev–Trinajstić information content (AvgIpc) is 2.37. The number of hydrogen-bond donors (Lipinski definition) is 2. The van der Waals surface area contributed by atoms with Gasteiger partial charge < -0.3 is 5.32 Å². The van der Waals surface area contributed by atoms with E-state index in [1.807, 2.05) is 0 Å². The van der Waals surface area contributed by atoms with Gasteiger partial charge in [-0.05, 0) is 31.5 Å². The van der Waals surface area contributed by atoms with Crippen molar-refractivity contribution in [1.82, 2.24) is 10.0 Å². The number of halogens is 3. The van der Waals surface area contributed by atoms with Gasteiger partial charge in [-0.15, -0.1) is 0 Å². The number of alkyl halides is 3. The second kappa shape index (κ2) is 7.77. The molecule has 0 amide bonds. The smallest absolute Gasteiger partial charge is 0.316 e. The molecule has 0 aliphatic carbocycles. The number of rotatable bonds is 8. The van der Waals surface area contributed by atoms with Crippen LogP contribution >= 0.6 is 0 Å². The molecule has 0 unspecified atom stereocenters. The molecule has 0 spiro atoms. The Morgan fingerprint density at radius 2 is 1.81 bits per heavy atom. The molecule has 21 heavy (non-hydrogen) atoms. The van der Waals surface area contributed by atoms with Crippen LogP contribution in [0.15, 0.2) is 29.2 Å². The lowest BCUT2D eigenvalue weighted by molar-refractivity contribution is -0.135. The first-order chi connectivity index (χ1) is 9.76. The Bertz CT molecular complexity index is 545. The predicted octanol–water partition coefficient (Wildman–Crippen LogP) is 2.42. The fraction of sp³-hybridized carbons (Fsp3) is 0.538. The van der Waals surface area contributed by atoms with Crippen molar-refractivity contribution < 1.29 is 21.6 Å². The Balaban J connectivity index is 2.58. The van der Waals surface area contributed by atoms with Crippen molar-refractivity contribution in [1.29, 1.82) is 0 Å². The standard InChI is InChI=1S/C13H19F3N2O2S/c1-17-10-11-6-2-3-7-12(11)21(19,20)18-9-5-4-8-13(14,15)16/h2-3,6-7,17-18H,4-5,8-10H2,1H3. The van der Waals surface area contributed by atoms with E-state index in [1.54, 1.807) is 25.2 Å². The monoisotopic (exact) mass is 324 g/mol. The molecule has 0 saturated heterocycles. The van der Waals surface area contributed by atoms with Crippen molar-refractivity contribution in [3.05, 3.63) is 29.8 Å². The molecule has 1 rings (SSSR count). The van der Waals surface area contributed by atoms with Gasteiger partial charge in [0.05, 0.1) is 4.90 Å². The molecule has 4 nitrogen and oxygen atoms in total. The summed E-state index contributed by atoms with van der Waals surface area (Å²) >= 11 is 0. The van der Waals surface area contributed by atoms with Crippen molar-refractivity contribution in [2.45, 2.75) is 36.9 Å². The van der Waals surface area contributed by atoms with Gasteiger partial charge in [0.2, 0.25) is 10.0 Å². The van der Waals surface area contributed by atoms with E-state index in [2.05, 4.69) is 10.0 Å². The number of sulfonamides is 1. The van der Waals surface area contributed by atoms with Crippen molar-refractivity contribution in [2.24, 2.45) is 0 Å². The first-order valence-corrected chi connectivity index (χ1v) is 8.03. The van der Waals surface area contributed by atoms with E-state index in [1.165, 1.54) is 6.07 Å². The highest BCUT2D eigenvalue weighted by Crippen LogP contribution is 2.22. The lowest BCUT2D eigenvalue weighted by Gasteiger charge is -2.11. The number of unbranched alkanes of at least 4 members (excludes halogenated alkanes) is 1. The SMILES string of the molecule is CNCc1ccccc1S(=O)(=O)NCCCCC(F)(F)F. The summed E-state index contributed by atoms with van der Waals surface area (Å²) < 4.78 is 62.5. The van der Waals surface area contributed by atoms with Crippen molar-refractivity contribution in [3.63, 3.8) is 0 Å². The van der Waals surface area contributed by atoms with Crippen LogP contribution in [0.2, 0.25) is 0 Å². The minimum absolute atomic E-state index is 0.00764. The van der Waals surface area contributed by atoms with Crippen LogP contribution in [0, 0.1) is 0 Å². The lowest BCUT2D eigenvalue weighted by atomic mass is 10.2. The maximum absolute atomic E-state index is 12.1. The molecule has 1 aromatic rings. The highest BCUT2D eigenvalue weighted by Gasteiger charge is 2.26. The zero-order valence-electron chi connectivity index (χ0n) is 11.7. The molecule has 0 aliphatic heterocycles. The summed E-state index contributed by atoms with van der Waals surface area (Å²) in [6, 6.07) is 6.51. The maximum Gasteiger partial charge on any atom is 0.389 e. The topological polar surface area (TPSA) is 58.2 Å². The summed E-state index contributed by atoms with van der Waals surface area (Å²) in [6.07, 6.45) is -5.04. The van der Waals surface area contributed by atoms with E-state index >= 15 is 0 Å². The molecule has 0 atom stereocenters. The van der Waals surface area contributed by atoms with Crippen LogP contribution < -0.4 is 10.0 Å². The quantitative estimate of drug-likeness (QED) is 0.722. The minimum atomic E-state index is -4.20. The maximum atomic E-state index is 12.1. The molecule has 0 radical (unpaired) electrons. The van der Waals surface area contributed by atoms with E-state index in [-0.39, 0.29) is 24.3 Å². The summed E-state index contributed by atoms with van der Waals surface area (Å²) in [6.45, 7) is 0.386. The summed E-state index contributed by atoms with van der Waals surface area (Å²) in [7, 11) is -2.00. The van der Waals surface area contributed by atoms with Crippen LogP contribution in [0.4, 0.5) is 13.2 Å². The van der Waals surface area contributed by atoms with Crippen LogP contribution in [0.3, 0.4) is 0 Å². The molecule has 0 fully saturated rings. The molecule has 8 heteroatoms. The van der Waals surface area contributed by atoms with Gasteiger partial charge in [0, 0.05) is 19.5 Å². The molecule has 0 bridgehead atoms. The average molecular weight is 324 g/mol. The molecule has 2 N–H and O–H groups in total. The number of hydrogen-bond acceptors (Lipinski definition) is 3. The Morgan fingerprint density at radius 1 is 1.14 bits per heavy atom. The molecule has 120 valence electrons. The summed E-state index contributed by atoms with van der Waals surface area (Å²) in [5.41, 5.74) is 0.614. The second-order valence-electron chi connectivity index (χ2n) is 4.61. The predicted molar refractivity (Wildman–Crippen MR) is 74.3 cm³/mol. The van der Waals surface area contributed by atoms with E-state index in [0.29, 0.717) is 12.1 Å². The van der Waals surface area contributed by atoms with Crippen LogP contribution in [-0.4, -0.2) is 28.2 Å². The normalized spacial score (nSPS) is 12.6. The molecule has 0 heterocycles. The van der Waals surface area contributed by atoms with E-state index in [4.69, 9.17) is 0 Å². The van der Waals surface area contributed by atoms with E-state index < -0.39 is 22.6 Å². The van der Waals surface area contributed by atoms with Crippen molar-refractivity contribution in [2.75, 3.05) is 13.6 Å². The zero-order chi connectivity index (χ0) is 15.9. The van der Waals surface area contributed by atoms with E-state index in [9.17, 15) is 21.6 Å². The van der Waals surface area contributed by atoms with Crippen molar-refractivity contribution >= 4 is 10.0 Å². The van der Waals surface area contributed by atoms with Gasteiger partial charge in [0.15, 0.2) is 0 Å². The van der Waals surface area contributed by atoms with Crippen LogP contribution in [0.5, 0.6) is 0 Å². The molecule has 0 aliphatic rings. The molecule has 0 saturated carbocycles. The van der Waals surface area contributed by atoms with Gasteiger partial charge in [0.25, 0.3) is 0 Å². The largest absolute Gasteiger partial charge is 0.389 e. The van der Waals surface area contributed by atoms with Crippen LogP contribution in [-0.2, 0) is 16.6 Å². The van der Waals surface area contributed by atoms with Gasteiger partial charge in [-0.1, -0.05) is 18.2 Å². The molecule has 0 aromatic heterocycles. The summed E-state index contributed by atoms with van der Waals surface area (Å²) in [5.74, 6) is 0. The van der Waals surface area contributed by atoms with Gasteiger partial charge in [-0.3, -0.25) is 0 Å². The third kappa shape index (κ3) is 6.45. The summed E-state index contributed by atoms with van der Waals surface area (Å²) in [4.78, 5) is 0.148. The van der Waals surface area contributed by atoms with Gasteiger partial charge in [-0.2, -0.15) is 13.2 Å². The Kier molecular flexibility index (Phi) is 6.63. The number of benzene rings is 1. The Labute approximate surface area is 122 Å². The molecule has 1 aromatic carbocycles. The first kappa shape index (κ1) is 17.9. The minimum Gasteiger partial charge on any atom is -0.316 e. The highest BCUT2D eigenvalue weighted by molar-refractivity contribution is 7.89. The number of nitrogens with one attached hydrogen (secondary N) is 2. The van der Waals surface area contributed by atoms with Gasteiger partial charge >= 0.3 is 6.18 Å². The van der Waals surface area contributed by atoms with Crippen molar-refractivity contribution in [3.8, 4) is 0 Å². The Hall–Kier alpha value is -1.12. The Morgan fingerprint density at radius 3 is 2.43 bits per heavy atom. The van der Waals surface area contributed by atoms with Gasteiger partial charge in [-0.25, -0.2) is 13.1 Å². The van der Waals surface area contributed by atoms with Crippen LogP contribution in [0.1, 0.15) is 24.8 Å². The van der Waals surface area contributed by atoms with Gasteiger partial charge in [0.1, 0.15) is 0 Å². The van der Waals surface area contributed by atoms with Crippen LogP contribution in [0.25, 0.3) is 0 Å². The third-order valence-corrected chi connectivity index (χ3v) is 4.37. The lowest BCUT2D eigenvalue weighted by Crippen LogP contribution is -2.26. The molecular formula is C13H19F3N2O2S.